The Balaban J connectivity index is 3.60. The predicted molar refractivity (Wildman–Crippen MR) is 42.7 cm³/mol. The average molecular weight is 137 g/mol. The first kappa shape index (κ1) is 8.77. The molecule has 0 atom stereocenters. The molecular formula is C8H11NO. The molecule has 0 N–H and O–H groups in total. The summed E-state index contributed by atoms with van der Waals surface area (Å²) in [5.41, 5.74) is 0.817. The third-order valence-corrected chi connectivity index (χ3v) is 0.764. The highest BCUT2D eigenvalue weighted by Gasteiger charge is 1.80. The monoisotopic (exact) mass is 137 g/mol. The molecule has 0 radical (unpaired) electrons. The van der Waals surface area contributed by atoms with Crippen LogP contribution in [0.4, 0.5) is 0 Å². The minimum Gasteiger partial charge on any atom is -0.382 e. The third kappa shape index (κ3) is 4.92. The number of rotatable bonds is 3. The van der Waals surface area contributed by atoms with Crippen LogP contribution in [0.15, 0.2) is 17.3 Å². The lowest BCUT2D eigenvalue weighted by molar-refractivity contribution is 0.180. The predicted octanol–water partition coefficient (Wildman–Crippen LogP) is 1.59. The Morgan fingerprint density at radius 3 is 3.00 bits per heavy atom. The van der Waals surface area contributed by atoms with Gasteiger partial charge in [0, 0.05) is 0 Å². The fourth-order valence-electron chi connectivity index (χ4n) is 0.443. The van der Waals surface area contributed by atoms with Gasteiger partial charge in [0.15, 0.2) is 6.61 Å². The van der Waals surface area contributed by atoms with E-state index in [2.05, 4.69) is 11.1 Å². The van der Waals surface area contributed by atoms with Gasteiger partial charge in [-0.15, -0.1) is 6.42 Å². The van der Waals surface area contributed by atoms with E-state index >= 15 is 0 Å². The highest BCUT2D eigenvalue weighted by molar-refractivity contribution is 5.92. The van der Waals surface area contributed by atoms with E-state index in [1.54, 1.807) is 0 Å². The van der Waals surface area contributed by atoms with E-state index in [0.29, 0.717) is 0 Å². The SMILES string of the molecule is C#CCON=C(C)C=CC. The minimum absolute atomic E-state index is 0.231. The first-order chi connectivity index (χ1) is 4.81. The van der Waals surface area contributed by atoms with E-state index in [1.807, 2.05) is 26.0 Å². The number of hydrogen-bond donors (Lipinski definition) is 0. The first-order valence-electron chi connectivity index (χ1n) is 3.04. The van der Waals surface area contributed by atoms with Crippen molar-refractivity contribution in [2.24, 2.45) is 5.16 Å². The second-order valence-electron chi connectivity index (χ2n) is 1.71. The second-order valence-corrected chi connectivity index (χ2v) is 1.71. The molecule has 10 heavy (non-hydrogen) atoms. The molecule has 0 saturated carbocycles. The second kappa shape index (κ2) is 5.90. The van der Waals surface area contributed by atoms with E-state index in [1.165, 1.54) is 0 Å². The van der Waals surface area contributed by atoms with E-state index in [4.69, 9.17) is 11.3 Å². The normalized spacial score (nSPS) is 11.5. The van der Waals surface area contributed by atoms with E-state index in [-0.39, 0.29) is 6.61 Å². The molecule has 0 unspecified atom stereocenters. The van der Waals surface area contributed by atoms with Crippen molar-refractivity contribution >= 4 is 5.71 Å². The van der Waals surface area contributed by atoms with Crippen molar-refractivity contribution in [3.8, 4) is 12.3 Å². The highest BCUT2D eigenvalue weighted by atomic mass is 16.6. The lowest BCUT2D eigenvalue weighted by atomic mass is 10.4. The summed E-state index contributed by atoms with van der Waals surface area (Å²) in [4.78, 5) is 4.70. The summed E-state index contributed by atoms with van der Waals surface area (Å²) in [5.74, 6) is 2.31. The zero-order valence-corrected chi connectivity index (χ0v) is 6.29. The van der Waals surface area contributed by atoms with Crippen molar-refractivity contribution in [1.82, 2.24) is 0 Å². The molecule has 0 amide bonds. The van der Waals surface area contributed by atoms with Gasteiger partial charge < -0.3 is 4.84 Å². The van der Waals surface area contributed by atoms with Gasteiger partial charge in [-0.25, -0.2) is 0 Å². The summed E-state index contributed by atoms with van der Waals surface area (Å²) in [7, 11) is 0. The topological polar surface area (TPSA) is 21.6 Å². The highest BCUT2D eigenvalue weighted by Crippen LogP contribution is 1.82. The molecule has 0 rings (SSSR count). The standard InChI is InChI=1S/C8H11NO/c1-4-6-8(3)9-10-7-5-2/h2,4,6H,7H2,1,3H3. The van der Waals surface area contributed by atoms with E-state index < -0.39 is 0 Å². The number of allylic oxidation sites excluding steroid dienone is 2. The largest absolute Gasteiger partial charge is 0.382 e. The lowest BCUT2D eigenvalue weighted by Gasteiger charge is -1.91. The molecule has 0 aliphatic rings. The Morgan fingerprint density at radius 1 is 1.80 bits per heavy atom. The van der Waals surface area contributed by atoms with Crippen LogP contribution in [0.5, 0.6) is 0 Å². The smallest absolute Gasteiger partial charge is 0.177 e. The van der Waals surface area contributed by atoms with Crippen LogP contribution < -0.4 is 0 Å². The van der Waals surface area contributed by atoms with Gasteiger partial charge in [-0.2, -0.15) is 0 Å². The van der Waals surface area contributed by atoms with Gasteiger partial charge in [-0.1, -0.05) is 17.2 Å². The van der Waals surface area contributed by atoms with Crippen LogP contribution in [-0.4, -0.2) is 12.3 Å². The molecule has 2 nitrogen and oxygen atoms in total. The average Bonchev–Trinajstić information content (AvgIpc) is 1.89. The molecule has 0 aromatic rings. The van der Waals surface area contributed by atoms with Gasteiger partial charge in [0.25, 0.3) is 0 Å². The van der Waals surface area contributed by atoms with Crippen LogP contribution in [0, 0.1) is 12.3 Å². The van der Waals surface area contributed by atoms with Gasteiger partial charge in [-0.05, 0) is 19.9 Å². The Labute approximate surface area is 61.6 Å². The van der Waals surface area contributed by atoms with Gasteiger partial charge in [0.2, 0.25) is 0 Å². The molecule has 0 bridgehead atoms. The van der Waals surface area contributed by atoms with Crippen molar-refractivity contribution in [3.63, 3.8) is 0 Å². The van der Waals surface area contributed by atoms with E-state index in [9.17, 15) is 0 Å². The van der Waals surface area contributed by atoms with Crippen molar-refractivity contribution in [1.29, 1.82) is 0 Å². The zero-order chi connectivity index (χ0) is 7.82. The van der Waals surface area contributed by atoms with Gasteiger partial charge in [-0.3, -0.25) is 0 Å². The molecule has 0 aromatic heterocycles. The summed E-state index contributed by atoms with van der Waals surface area (Å²) in [6.07, 6.45) is 8.66. The van der Waals surface area contributed by atoms with Crippen molar-refractivity contribution in [3.05, 3.63) is 12.2 Å². The van der Waals surface area contributed by atoms with Crippen LogP contribution >= 0.6 is 0 Å². The van der Waals surface area contributed by atoms with Crippen molar-refractivity contribution in [2.75, 3.05) is 6.61 Å². The van der Waals surface area contributed by atoms with Gasteiger partial charge in [0.1, 0.15) is 0 Å². The summed E-state index contributed by atoms with van der Waals surface area (Å²) < 4.78 is 0. The Hall–Kier alpha value is -1.23. The van der Waals surface area contributed by atoms with Crippen LogP contribution in [-0.2, 0) is 4.84 Å². The molecule has 0 saturated heterocycles. The molecule has 0 fully saturated rings. The molecule has 0 aromatic carbocycles. The molecule has 54 valence electrons. The van der Waals surface area contributed by atoms with E-state index in [0.717, 1.165) is 5.71 Å². The Bertz CT molecular complexity index is 174. The summed E-state index contributed by atoms with van der Waals surface area (Å²) in [6, 6.07) is 0. The number of hydrogen-bond acceptors (Lipinski definition) is 2. The van der Waals surface area contributed by atoms with Crippen LogP contribution in [0.25, 0.3) is 0 Å². The minimum atomic E-state index is 0.231. The number of terminal acetylenes is 1. The number of nitrogens with zero attached hydrogens (tertiary/aromatic N) is 1. The fourth-order valence-corrected chi connectivity index (χ4v) is 0.443. The molecule has 2 heteroatoms. The maximum absolute atomic E-state index is 4.93. The molecule has 0 spiro atoms. The van der Waals surface area contributed by atoms with Crippen molar-refractivity contribution in [2.45, 2.75) is 13.8 Å². The lowest BCUT2D eigenvalue weighted by Crippen LogP contribution is -1.88. The van der Waals surface area contributed by atoms with Crippen molar-refractivity contribution < 1.29 is 4.84 Å². The molecule has 0 heterocycles. The molecular weight excluding hydrogens is 126 g/mol. The molecule has 0 aliphatic heterocycles. The molecule has 0 aliphatic carbocycles. The maximum Gasteiger partial charge on any atom is 0.177 e. The quantitative estimate of drug-likeness (QED) is 0.250. The summed E-state index contributed by atoms with van der Waals surface area (Å²) in [6.45, 7) is 3.99. The maximum atomic E-state index is 4.93. The summed E-state index contributed by atoms with van der Waals surface area (Å²) >= 11 is 0. The third-order valence-electron chi connectivity index (χ3n) is 0.764. The number of oxime groups is 1. The van der Waals surface area contributed by atoms with Crippen LogP contribution in [0.2, 0.25) is 0 Å². The van der Waals surface area contributed by atoms with Crippen LogP contribution in [0.1, 0.15) is 13.8 Å². The van der Waals surface area contributed by atoms with Gasteiger partial charge in [0.05, 0.1) is 5.71 Å². The van der Waals surface area contributed by atoms with Crippen LogP contribution in [0.3, 0.4) is 0 Å². The zero-order valence-electron chi connectivity index (χ0n) is 6.29. The Morgan fingerprint density at radius 2 is 2.50 bits per heavy atom. The first-order valence-corrected chi connectivity index (χ1v) is 3.04. The van der Waals surface area contributed by atoms with Gasteiger partial charge >= 0.3 is 0 Å². The summed E-state index contributed by atoms with van der Waals surface area (Å²) in [5, 5.41) is 3.69. The fraction of sp³-hybridized carbons (Fsp3) is 0.375. The Kier molecular flexibility index (Phi) is 5.17.